The Kier molecular flexibility index (Phi) is 5.83. The maximum atomic E-state index is 11.8. The molecular weight excluding hydrogens is 393 g/mol. The fourth-order valence-electron chi connectivity index (χ4n) is 1.58. The van der Waals surface area contributed by atoms with Gasteiger partial charge in [0.25, 0.3) is 5.91 Å². The van der Waals surface area contributed by atoms with Crippen LogP contribution >= 0.6 is 39.1 Å². The smallest absolute Gasteiger partial charge is 0.338 e. The van der Waals surface area contributed by atoms with Gasteiger partial charge >= 0.3 is 5.97 Å². The van der Waals surface area contributed by atoms with Crippen molar-refractivity contribution in [2.75, 3.05) is 11.9 Å². The van der Waals surface area contributed by atoms with Gasteiger partial charge in [0.05, 0.1) is 16.3 Å². The minimum absolute atomic E-state index is 0.318. The first-order valence-corrected chi connectivity index (χ1v) is 7.68. The summed E-state index contributed by atoms with van der Waals surface area (Å²) in [7, 11) is 0. The van der Waals surface area contributed by atoms with Crippen LogP contribution in [0.4, 0.5) is 5.69 Å². The van der Waals surface area contributed by atoms with E-state index >= 15 is 0 Å². The lowest BCUT2D eigenvalue weighted by molar-refractivity contribution is -0.119. The summed E-state index contributed by atoms with van der Waals surface area (Å²) in [5.41, 5.74) is 0.760. The number of amides is 1. The van der Waals surface area contributed by atoms with Crippen molar-refractivity contribution in [3.8, 4) is 0 Å². The molecule has 0 saturated heterocycles. The molecule has 0 radical (unpaired) electrons. The molecule has 2 aromatic rings. The van der Waals surface area contributed by atoms with E-state index in [1.165, 1.54) is 12.1 Å². The van der Waals surface area contributed by atoms with E-state index in [1.807, 2.05) is 0 Å². The number of esters is 1. The molecule has 0 bridgehead atoms. The summed E-state index contributed by atoms with van der Waals surface area (Å²) in [5, 5.41) is 3.46. The number of hydrogen-bond acceptors (Lipinski definition) is 3. The van der Waals surface area contributed by atoms with Gasteiger partial charge in [0, 0.05) is 9.50 Å². The molecule has 0 spiro atoms. The number of anilines is 1. The monoisotopic (exact) mass is 401 g/mol. The Morgan fingerprint density at radius 1 is 1.09 bits per heavy atom. The van der Waals surface area contributed by atoms with Gasteiger partial charge in [-0.3, -0.25) is 4.79 Å². The van der Waals surface area contributed by atoms with Gasteiger partial charge in [-0.2, -0.15) is 0 Å². The van der Waals surface area contributed by atoms with Gasteiger partial charge in [0.1, 0.15) is 0 Å². The Balaban J connectivity index is 1.89. The zero-order valence-corrected chi connectivity index (χ0v) is 14.2. The molecule has 0 aliphatic heterocycles. The number of nitrogens with one attached hydrogen (secondary N) is 1. The van der Waals surface area contributed by atoms with E-state index in [0.717, 1.165) is 4.47 Å². The lowest BCUT2D eigenvalue weighted by atomic mass is 10.2. The Hall–Kier alpha value is -1.56. The minimum atomic E-state index is -0.603. The van der Waals surface area contributed by atoms with Gasteiger partial charge in [-0.1, -0.05) is 39.1 Å². The van der Waals surface area contributed by atoms with Gasteiger partial charge in [0.15, 0.2) is 6.61 Å². The highest BCUT2D eigenvalue weighted by Gasteiger charge is 2.11. The van der Waals surface area contributed by atoms with Crippen LogP contribution in [0.5, 0.6) is 0 Å². The second kappa shape index (κ2) is 7.63. The molecule has 7 heteroatoms. The summed E-state index contributed by atoms with van der Waals surface area (Å²) in [6.45, 7) is -0.409. The highest BCUT2D eigenvalue weighted by molar-refractivity contribution is 9.10. The molecule has 4 nitrogen and oxygen atoms in total. The lowest BCUT2D eigenvalue weighted by Crippen LogP contribution is -2.21. The molecule has 2 aromatic carbocycles. The fourth-order valence-corrected chi connectivity index (χ4v) is 2.42. The number of halogens is 3. The van der Waals surface area contributed by atoms with E-state index in [4.69, 9.17) is 27.9 Å². The van der Waals surface area contributed by atoms with Crippen molar-refractivity contribution >= 4 is 56.7 Å². The first-order valence-electron chi connectivity index (χ1n) is 6.13. The van der Waals surface area contributed by atoms with E-state index in [0.29, 0.717) is 21.3 Å². The van der Waals surface area contributed by atoms with Gasteiger partial charge in [0.2, 0.25) is 0 Å². The van der Waals surface area contributed by atoms with Crippen LogP contribution in [0.15, 0.2) is 46.9 Å². The number of carbonyl (C=O) groups excluding carboxylic acids is 2. The van der Waals surface area contributed by atoms with Crippen molar-refractivity contribution in [3.63, 3.8) is 0 Å². The summed E-state index contributed by atoms with van der Waals surface area (Å²) in [5.74, 6) is -1.08. The van der Waals surface area contributed by atoms with E-state index in [1.54, 1.807) is 30.3 Å². The largest absolute Gasteiger partial charge is 0.452 e. The summed E-state index contributed by atoms with van der Waals surface area (Å²) in [4.78, 5) is 23.5. The topological polar surface area (TPSA) is 55.4 Å². The van der Waals surface area contributed by atoms with Crippen LogP contribution in [0.2, 0.25) is 10.0 Å². The van der Waals surface area contributed by atoms with Crippen molar-refractivity contribution in [2.24, 2.45) is 0 Å². The predicted octanol–water partition coefficient (Wildman–Crippen LogP) is 4.55. The highest BCUT2D eigenvalue weighted by Crippen LogP contribution is 2.25. The third kappa shape index (κ3) is 4.73. The molecule has 1 N–H and O–H groups in total. The summed E-state index contributed by atoms with van der Waals surface area (Å²) >= 11 is 15.0. The maximum Gasteiger partial charge on any atom is 0.338 e. The molecule has 0 saturated carbocycles. The maximum absolute atomic E-state index is 11.8. The van der Waals surface area contributed by atoms with Crippen LogP contribution in [-0.2, 0) is 9.53 Å². The van der Waals surface area contributed by atoms with Crippen molar-refractivity contribution in [1.29, 1.82) is 0 Å². The van der Waals surface area contributed by atoms with Crippen LogP contribution in [0.25, 0.3) is 0 Å². The van der Waals surface area contributed by atoms with Crippen molar-refractivity contribution in [2.45, 2.75) is 0 Å². The summed E-state index contributed by atoms with van der Waals surface area (Å²) < 4.78 is 5.72. The molecule has 1 amide bonds. The zero-order valence-electron chi connectivity index (χ0n) is 11.1. The quantitative estimate of drug-likeness (QED) is 0.763. The normalized spacial score (nSPS) is 10.1. The number of ether oxygens (including phenoxy) is 1. The number of rotatable bonds is 4. The zero-order chi connectivity index (χ0) is 16.1. The third-order valence-electron chi connectivity index (χ3n) is 2.62. The van der Waals surface area contributed by atoms with Crippen LogP contribution in [0.3, 0.4) is 0 Å². The molecule has 0 atom stereocenters. The Bertz CT molecular complexity index is 704. The van der Waals surface area contributed by atoms with Crippen LogP contribution in [0, 0.1) is 0 Å². The van der Waals surface area contributed by atoms with Gasteiger partial charge in [-0.15, -0.1) is 0 Å². The lowest BCUT2D eigenvalue weighted by Gasteiger charge is -2.08. The average molecular weight is 403 g/mol. The van der Waals surface area contributed by atoms with E-state index in [-0.39, 0.29) is 0 Å². The van der Waals surface area contributed by atoms with Crippen molar-refractivity contribution in [3.05, 3.63) is 62.5 Å². The molecule has 114 valence electrons. The highest BCUT2D eigenvalue weighted by atomic mass is 79.9. The third-order valence-corrected chi connectivity index (χ3v) is 3.68. The number of carbonyl (C=O) groups is 2. The molecule has 2 rings (SSSR count). The Morgan fingerprint density at radius 2 is 1.77 bits per heavy atom. The van der Waals surface area contributed by atoms with E-state index in [9.17, 15) is 9.59 Å². The Morgan fingerprint density at radius 3 is 2.41 bits per heavy atom. The summed E-state index contributed by atoms with van der Waals surface area (Å²) in [6.07, 6.45) is 0. The molecule has 0 fully saturated rings. The molecule has 22 heavy (non-hydrogen) atoms. The fraction of sp³-hybridized carbons (Fsp3) is 0.0667. The first kappa shape index (κ1) is 16.8. The number of hydrogen-bond donors (Lipinski definition) is 1. The van der Waals surface area contributed by atoms with Crippen LogP contribution in [-0.4, -0.2) is 18.5 Å². The molecular formula is C15H10BrCl2NO3. The van der Waals surface area contributed by atoms with Gasteiger partial charge in [-0.05, 0) is 42.5 Å². The van der Waals surface area contributed by atoms with Gasteiger partial charge in [-0.25, -0.2) is 4.79 Å². The SMILES string of the molecule is O=C(COC(=O)c1ccc(Cl)cc1)Nc1ccc(Br)cc1Cl. The predicted molar refractivity (Wildman–Crippen MR) is 89.5 cm³/mol. The molecule has 0 aromatic heterocycles. The van der Waals surface area contributed by atoms with Crippen molar-refractivity contribution < 1.29 is 14.3 Å². The summed E-state index contributed by atoms with van der Waals surface area (Å²) in [6, 6.07) is 11.2. The average Bonchev–Trinajstić information content (AvgIpc) is 2.48. The first-order chi connectivity index (χ1) is 10.5. The molecule has 0 aliphatic carbocycles. The van der Waals surface area contributed by atoms with E-state index < -0.39 is 18.5 Å². The molecule has 0 aliphatic rings. The van der Waals surface area contributed by atoms with Crippen LogP contribution in [0.1, 0.15) is 10.4 Å². The number of benzene rings is 2. The molecule has 0 unspecified atom stereocenters. The second-order valence-corrected chi connectivity index (χ2v) is 6.01. The standard InChI is InChI=1S/C15H10BrCl2NO3/c16-10-3-6-13(12(18)7-10)19-14(20)8-22-15(21)9-1-4-11(17)5-2-9/h1-7H,8H2,(H,19,20). The van der Waals surface area contributed by atoms with Crippen LogP contribution < -0.4 is 5.32 Å². The Labute approximate surface area is 145 Å². The van der Waals surface area contributed by atoms with Crippen molar-refractivity contribution in [1.82, 2.24) is 0 Å². The van der Waals surface area contributed by atoms with E-state index in [2.05, 4.69) is 21.2 Å². The minimum Gasteiger partial charge on any atom is -0.452 e. The van der Waals surface area contributed by atoms with Gasteiger partial charge < -0.3 is 10.1 Å². The second-order valence-electron chi connectivity index (χ2n) is 4.26. The molecule has 0 heterocycles.